The fourth-order valence-electron chi connectivity index (χ4n) is 1.72. The van der Waals surface area contributed by atoms with Gasteiger partial charge in [-0.2, -0.15) is 0 Å². The zero-order valence-electron chi connectivity index (χ0n) is 12.1. The van der Waals surface area contributed by atoms with Crippen LogP contribution >= 0.6 is 0 Å². The molecule has 0 heterocycles. The summed E-state index contributed by atoms with van der Waals surface area (Å²) in [6.07, 6.45) is -0.607. The summed E-state index contributed by atoms with van der Waals surface area (Å²) in [4.78, 5) is 22.7. The lowest BCUT2D eigenvalue weighted by atomic mass is 9.81. The minimum atomic E-state index is -0.930. The maximum Gasteiger partial charge on any atom is 0.407 e. The van der Waals surface area contributed by atoms with Gasteiger partial charge in [-0.05, 0) is 11.0 Å². The quantitative estimate of drug-likeness (QED) is 0.868. The van der Waals surface area contributed by atoms with E-state index in [1.807, 2.05) is 51.1 Å². The van der Waals surface area contributed by atoms with Crippen molar-refractivity contribution in [2.24, 2.45) is 11.3 Å². The van der Waals surface area contributed by atoms with Gasteiger partial charge in [0.2, 0.25) is 0 Å². The minimum absolute atomic E-state index is 0.0481. The largest absolute Gasteiger partial charge is 0.481 e. The summed E-state index contributed by atoms with van der Waals surface area (Å²) in [5.74, 6) is -1.59. The molecular formula is C15H21NO4. The smallest absolute Gasteiger partial charge is 0.407 e. The number of carbonyl (C=O) groups excluding carboxylic acids is 1. The maximum absolute atomic E-state index is 11.5. The standard InChI is InChI=1S/C15H21NO4/c1-15(2,3)12(13(17)18)9-16-14(19)20-10-11-7-5-4-6-8-11/h4-8,12H,9-10H2,1-3H3,(H,16,19)(H,17,18). The average molecular weight is 279 g/mol. The molecule has 1 amide bonds. The van der Waals surface area contributed by atoms with Crippen molar-refractivity contribution in [3.8, 4) is 0 Å². The Morgan fingerprint density at radius 1 is 1.25 bits per heavy atom. The van der Waals surface area contributed by atoms with E-state index >= 15 is 0 Å². The van der Waals surface area contributed by atoms with Crippen molar-refractivity contribution >= 4 is 12.1 Å². The SMILES string of the molecule is CC(C)(C)C(CNC(=O)OCc1ccccc1)C(=O)O. The van der Waals surface area contributed by atoms with Gasteiger partial charge in [-0.1, -0.05) is 51.1 Å². The van der Waals surface area contributed by atoms with Crippen LogP contribution in [0.1, 0.15) is 26.3 Å². The third-order valence-corrected chi connectivity index (χ3v) is 3.01. The Hall–Kier alpha value is -2.04. The molecule has 0 aliphatic carbocycles. The monoisotopic (exact) mass is 279 g/mol. The second-order valence-corrected chi connectivity index (χ2v) is 5.70. The molecule has 2 N–H and O–H groups in total. The minimum Gasteiger partial charge on any atom is -0.481 e. The number of alkyl carbamates (subject to hydrolysis) is 1. The Labute approximate surface area is 118 Å². The highest BCUT2D eigenvalue weighted by Crippen LogP contribution is 2.25. The second-order valence-electron chi connectivity index (χ2n) is 5.70. The zero-order valence-corrected chi connectivity index (χ0v) is 12.1. The average Bonchev–Trinajstić information content (AvgIpc) is 2.35. The Bertz CT molecular complexity index is 451. The van der Waals surface area contributed by atoms with Gasteiger partial charge in [-0.15, -0.1) is 0 Å². The van der Waals surface area contributed by atoms with E-state index < -0.39 is 23.4 Å². The normalized spacial score (nSPS) is 12.6. The highest BCUT2D eigenvalue weighted by Gasteiger charge is 2.31. The van der Waals surface area contributed by atoms with Gasteiger partial charge in [0.1, 0.15) is 6.61 Å². The van der Waals surface area contributed by atoms with Crippen molar-refractivity contribution in [3.05, 3.63) is 35.9 Å². The number of carboxylic acid groups (broad SMARTS) is 1. The summed E-state index contributed by atoms with van der Waals surface area (Å²) in [5.41, 5.74) is 0.451. The van der Waals surface area contributed by atoms with Crippen molar-refractivity contribution in [2.75, 3.05) is 6.54 Å². The van der Waals surface area contributed by atoms with Crippen LogP contribution in [0.5, 0.6) is 0 Å². The lowest BCUT2D eigenvalue weighted by molar-refractivity contribution is -0.145. The van der Waals surface area contributed by atoms with E-state index in [-0.39, 0.29) is 13.2 Å². The number of carbonyl (C=O) groups is 2. The Morgan fingerprint density at radius 2 is 1.85 bits per heavy atom. The number of nitrogens with one attached hydrogen (secondary N) is 1. The molecule has 5 nitrogen and oxygen atoms in total. The molecule has 0 fully saturated rings. The predicted molar refractivity (Wildman–Crippen MR) is 75.2 cm³/mol. The van der Waals surface area contributed by atoms with Gasteiger partial charge in [-0.25, -0.2) is 4.79 Å². The summed E-state index contributed by atoms with van der Waals surface area (Å²) in [5, 5.41) is 11.6. The van der Waals surface area contributed by atoms with E-state index in [0.29, 0.717) is 0 Å². The first kappa shape index (κ1) is 16.0. The van der Waals surface area contributed by atoms with Crippen LogP contribution in [0.25, 0.3) is 0 Å². The first-order chi connectivity index (χ1) is 9.30. The van der Waals surface area contributed by atoms with E-state index in [4.69, 9.17) is 9.84 Å². The third kappa shape index (κ3) is 5.30. The van der Waals surface area contributed by atoms with Gasteiger partial charge < -0.3 is 15.2 Å². The molecule has 0 radical (unpaired) electrons. The molecule has 1 atom stereocenters. The number of hydrogen-bond donors (Lipinski definition) is 2. The first-order valence-electron chi connectivity index (χ1n) is 6.48. The van der Waals surface area contributed by atoms with E-state index in [2.05, 4.69) is 5.32 Å². The van der Waals surface area contributed by atoms with Gasteiger partial charge in [0.05, 0.1) is 5.92 Å². The predicted octanol–water partition coefficient (Wildman–Crippen LogP) is 2.66. The van der Waals surface area contributed by atoms with Crippen LogP contribution in [0.4, 0.5) is 4.79 Å². The van der Waals surface area contributed by atoms with Crippen LogP contribution in [-0.4, -0.2) is 23.7 Å². The number of hydrogen-bond acceptors (Lipinski definition) is 3. The fourth-order valence-corrected chi connectivity index (χ4v) is 1.72. The highest BCUT2D eigenvalue weighted by atomic mass is 16.5. The van der Waals surface area contributed by atoms with Crippen molar-refractivity contribution in [3.63, 3.8) is 0 Å². The van der Waals surface area contributed by atoms with Crippen LogP contribution in [0.2, 0.25) is 0 Å². The van der Waals surface area contributed by atoms with E-state index in [9.17, 15) is 9.59 Å². The number of rotatable bonds is 5. The molecular weight excluding hydrogens is 258 g/mol. The number of carboxylic acids is 1. The van der Waals surface area contributed by atoms with E-state index in [0.717, 1.165) is 5.56 Å². The molecule has 0 saturated heterocycles. The summed E-state index contributed by atoms with van der Waals surface area (Å²) in [6, 6.07) is 9.29. The molecule has 0 aromatic heterocycles. The molecule has 1 aromatic rings. The third-order valence-electron chi connectivity index (χ3n) is 3.01. The Kier molecular flexibility index (Phi) is 5.55. The molecule has 1 rings (SSSR count). The van der Waals surface area contributed by atoms with E-state index in [1.165, 1.54) is 0 Å². The molecule has 20 heavy (non-hydrogen) atoms. The van der Waals surface area contributed by atoms with Crippen molar-refractivity contribution in [1.82, 2.24) is 5.32 Å². The lowest BCUT2D eigenvalue weighted by Gasteiger charge is -2.26. The van der Waals surface area contributed by atoms with Crippen LogP contribution in [0, 0.1) is 11.3 Å². The first-order valence-corrected chi connectivity index (χ1v) is 6.48. The molecule has 0 bridgehead atoms. The molecule has 0 aliphatic rings. The number of benzene rings is 1. The number of ether oxygens (including phenoxy) is 1. The van der Waals surface area contributed by atoms with Gasteiger partial charge in [-0.3, -0.25) is 4.79 Å². The van der Waals surface area contributed by atoms with E-state index in [1.54, 1.807) is 0 Å². The molecule has 1 unspecified atom stereocenters. The molecule has 110 valence electrons. The number of amides is 1. The molecule has 1 aromatic carbocycles. The lowest BCUT2D eigenvalue weighted by Crippen LogP contribution is -2.39. The van der Waals surface area contributed by atoms with Gasteiger partial charge in [0.25, 0.3) is 0 Å². The summed E-state index contributed by atoms with van der Waals surface area (Å²) in [6.45, 7) is 5.68. The van der Waals surface area contributed by atoms with Gasteiger partial charge in [0, 0.05) is 6.54 Å². The summed E-state index contributed by atoms with van der Waals surface area (Å²) >= 11 is 0. The number of aliphatic carboxylic acids is 1. The fraction of sp³-hybridized carbons (Fsp3) is 0.467. The molecule has 5 heteroatoms. The Morgan fingerprint density at radius 3 is 2.35 bits per heavy atom. The van der Waals surface area contributed by atoms with Crippen LogP contribution in [-0.2, 0) is 16.1 Å². The van der Waals surface area contributed by atoms with Crippen molar-refractivity contribution in [1.29, 1.82) is 0 Å². The maximum atomic E-state index is 11.5. The topological polar surface area (TPSA) is 75.6 Å². The Balaban J connectivity index is 2.41. The van der Waals surface area contributed by atoms with Gasteiger partial charge in [0.15, 0.2) is 0 Å². The van der Waals surface area contributed by atoms with Crippen LogP contribution in [0.3, 0.4) is 0 Å². The van der Waals surface area contributed by atoms with Crippen molar-refractivity contribution in [2.45, 2.75) is 27.4 Å². The van der Waals surface area contributed by atoms with Crippen LogP contribution in [0.15, 0.2) is 30.3 Å². The summed E-state index contributed by atoms with van der Waals surface area (Å²) in [7, 11) is 0. The van der Waals surface area contributed by atoms with Crippen molar-refractivity contribution < 1.29 is 19.4 Å². The molecule has 0 saturated carbocycles. The van der Waals surface area contributed by atoms with Crippen LogP contribution < -0.4 is 5.32 Å². The highest BCUT2D eigenvalue weighted by molar-refractivity contribution is 5.73. The van der Waals surface area contributed by atoms with Gasteiger partial charge >= 0.3 is 12.1 Å². The summed E-state index contributed by atoms with van der Waals surface area (Å²) < 4.78 is 5.03. The zero-order chi connectivity index (χ0) is 15.2. The molecule has 0 aliphatic heterocycles. The molecule has 0 spiro atoms. The second kappa shape index (κ2) is 6.93.